The summed E-state index contributed by atoms with van der Waals surface area (Å²) in [5, 5.41) is 2.03. The van der Waals surface area contributed by atoms with E-state index in [1.165, 1.54) is 0 Å². The van der Waals surface area contributed by atoms with Gasteiger partial charge in [-0.3, -0.25) is 19.9 Å². The number of aromatic nitrogens is 1. The summed E-state index contributed by atoms with van der Waals surface area (Å²) in [6.07, 6.45) is -3.94. The average Bonchev–Trinajstić information content (AvgIpc) is 2.41. The molecule has 0 spiro atoms. The second-order valence-electron chi connectivity index (χ2n) is 4.81. The highest BCUT2D eigenvalue weighted by Gasteiger charge is 2.34. The third-order valence-electron chi connectivity index (χ3n) is 3.16. The minimum Gasteiger partial charge on any atom is -0.296 e. The van der Waals surface area contributed by atoms with E-state index in [0.29, 0.717) is 12.3 Å². The van der Waals surface area contributed by atoms with E-state index in [1.54, 1.807) is 0 Å². The number of hydrogen-bond acceptors (Lipinski definition) is 5. The Morgan fingerprint density at radius 2 is 1.95 bits per heavy atom. The van der Waals surface area contributed by atoms with Gasteiger partial charge in [0.1, 0.15) is 5.69 Å². The fraction of sp³-hybridized carbons (Fsp3) is 0.417. The highest BCUT2D eigenvalue weighted by Crippen LogP contribution is 2.28. The first kappa shape index (κ1) is 16.4. The maximum absolute atomic E-state index is 12.4. The van der Waals surface area contributed by atoms with Gasteiger partial charge in [-0.25, -0.2) is 8.42 Å². The molecular formula is C12H11F3N2O4S. The third kappa shape index (κ3) is 3.62. The van der Waals surface area contributed by atoms with Crippen molar-refractivity contribution in [2.45, 2.75) is 23.9 Å². The second kappa shape index (κ2) is 5.67. The lowest BCUT2D eigenvalue weighted by atomic mass is 10.0. The molecular weight excluding hydrogens is 325 g/mol. The SMILES string of the molecule is O=C1CCC(CS(=O)(=O)c2ccc(C(F)(F)F)nc2)C(=O)N1. The molecule has 1 unspecified atom stereocenters. The Morgan fingerprint density at radius 1 is 1.27 bits per heavy atom. The number of hydrogen-bond donors (Lipinski definition) is 1. The van der Waals surface area contributed by atoms with Crippen LogP contribution in [0.15, 0.2) is 23.2 Å². The Labute approximate surface area is 123 Å². The summed E-state index contributed by atoms with van der Waals surface area (Å²) in [6.45, 7) is 0. The summed E-state index contributed by atoms with van der Waals surface area (Å²) in [6, 6.07) is 1.37. The molecule has 120 valence electrons. The van der Waals surface area contributed by atoms with Gasteiger partial charge in [-0.2, -0.15) is 13.2 Å². The third-order valence-corrected chi connectivity index (χ3v) is 4.96. The number of carbonyl (C=O) groups is 2. The standard InChI is InChI=1S/C12H11F3N2O4S/c13-12(14,15)9-3-2-8(5-16-9)22(20,21)6-7-1-4-10(18)17-11(7)19/h2-3,5,7H,1,4,6H2,(H,17,18,19). The molecule has 1 atom stereocenters. The van der Waals surface area contributed by atoms with Crippen LogP contribution in [0.3, 0.4) is 0 Å². The predicted octanol–water partition coefficient (Wildman–Crippen LogP) is 0.927. The monoisotopic (exact) mass is 336 g/mol. The first-order valence-corrected chi connectivity index (χ1v) is 7.84. The van der Waals surface area contributed by atoms with Crippen LogP contribution in [0.25, 0.3) is 0 Å². The van der Waals surface area contributed by atoms with E-state index in [-0.39, 0.29) is 12.8 Å². The van der Waals surface area contributed by atoms with E-state index in [1.807, 2.05) is 5.32 Å². The Kier molecular flexibility index (Phi) is 4.23. The quantitative estimate of drug-likeness (QED) is 0.829. The van der Waals surface area contributed by atoms with Crippen LogP contribution in [0.5, 0.6) is 0 Å². The first-order chi connectivity index (χ1) is 10.1. The maximum atomic E-state index is 12.4. The number of carbonyl (C=O) groups excluding carboxylic acids is 2. The summed E-state index contributed by atoms with van der Waals surface area (Å²) >= 11 is 0. The first-order valence-electron chi connectivity index (χ1n) is 6.19. The van der Waals surface area contributed by atoms with Gasteiger partial charge in [0.15, 0.2) is 9.84 Å². The number of rotatable bonds is 3. The molecule has 0 bridgehead atoms. The van der Waals surface area contributed by atoms with Crippen LogP contribution >= 0.6 is 0 Å². The molecule has 1 aliphatic rings. The van der Waals surface area contributed by atoms with Gasteiger partial charge in [-0.05, 0) is 18.6 Å². The van der Waals surface area contributed by atoms with Crippen LogP contribution in [0.1, 0.15) is 18.5 Å². The van der Waals surface area contributed by atoms with Gasteiger partial charge in [0, 0.05) is 12.6 Å². The average molecular weight is 336 g/mol. The van der Waals surface area contributed by atoms with Crippen LogP contribution in [0, 0.1) is 5.92 Å². The molecule has 1 N–H and O–H groups in total. The number of pyridine rings is 1. The van der Waals surface area contributed by atoms with Gasteiger partial charge in [0.05, 0.1) is 16.6 Å². The highest BCUT2D eigenvalue weighted by atomic mass is 32.2. The Hall–Kier alpha value is -1.97. The van der Waals surface area contributed by atoms with Gasteiger partial charge < -0.3 is 0 Å². The van der Waals surface area contributed by atoms with Crippen LogP contribution in [0.2, 0.25) is 0 Å². The molecule has 1 aromatic rings. The van der Waals surface area contributed by atoms with Crippen LogP contribution in [0.4, 0.5) is 13.2 Å². The normalized spacial score (nSPS) is 19.9. The number of sulfone groups is 1. The van der Waals surface area contributed by atoms with Crippen LogP contribution in [-0.4, -0.2) is 31.0 Å². The molecule has 0 aromatic carbocycles. The van der Waals surface area contributed by atoms with Crippen LogP contribution in [-0.2, 0) is 25.6 Å². The summed E-state index contributed by atoms with van der Waals surface area (Å²) < 4.78 is 61.3. The van der Waals surface area contributed by atoms with Gasteiger partial charge in [-0.1, -0.05) is 0 Å². The van der Waals surface area contributed by atoms with Crippen LogP contribution < -0.4 is 5.32 Å². The fourth-order valence-electron chi connectivity index (χ4n) is 1.99. The molecule has 1 aliphatic heterocycles. The number of imide groups is 1. The van der Waals surface area contributed by atoms with E-state index in [4.69, 9.17) is 0 Å². The second-order valence-corrected chi connectivity index (χ2v) is 6.84. The van der Waals surface area contributed by atoms with Crippen molar-refractivity contribution in [3.8, 4) is 0 Å². The number of halogens is 3. The van der Waals surface area contributed by atoms with Gasteiger partial charge in [0.25, 0.3) is 0 Å². The molecule has 6 nitrogen and oxygen atoms in total. The van der Waals surface area contributed by atoms with E-state index in [2.05, 4.69) is 4.98 Å². The van der Waals surface area contributed by atoms with E-state index >= 15 is 0 Å². The highest BCUT2D eigenvalue weighted by molar-refractivity contribution is 7.91. The van der Waals surface area contributed by atoms with E-state index < -0.39 is 50.1 Å². The van der Waals surface area contributed by atoms with Crippen molar-refractivity contribution in [1.82, 2.24) is 10.3 Å². The Morgan fingerprint density at radius 3 is 2.45 bits per heavy atom. The minimum absolute atomic E-state index is 0.0250. The lowest BCUT2D eigenvalue weighted by Crippen LogP contribution is -2.43. The van der Waals surface area contributed by atoms with Gasteiger partial charge >= 0.3 is 6.18 Å². The molecule has 10 heteroatoms. The van der Waals surface area contributed by atoms with Gasteiger partial charge in [-0.15, -0.1) is 0 Å². The van der Waals surface area contributed by atoms with Crippen molar-refractivity contribution in [3.05, 3.63) is 24.0 Å². The molecule has 0 radical (unpaired) electrons. The molecule has 1 aromatic heterocycles. The molecule has 2 amide bonds. The largest absolute Gasteiger partial charge is 0.433 e. The molecule has 1 fully saturated rings. The number of nitrogens with one attached hydrogen (secondary N) is 1. The zero-order valence-electron chi connectivity index (χ0n) is 11.1. The summed E-state index contributed by atoms with van der Waals surface area (Å²) in [5.41, 5.74) is -1.20. The number of alkyl halides is 3. The zero-order valence-corrected chi connectivity index (χ0v) is 11.9. The Balaban J connectivity index is 2.17. The number of nitrogens with zero attached hydrogens (tertiary/aromatic N) is 1. The van der Waals surface area contributed by atoms with Gasteiger partial charge in [0.2, 0.25) is 11.8 Å². The lowest BCUT2D eigenvalue weighted by molar-refractivity contribution is -0.141. The molecule has 2 rings (SSSR count). The van der Waals surface area contributed by atoms with Crippen molar-refractivity contribution >= 4 is 21.7 Å². The summed E-state index contributed by atoms with van der Waals surface area (Å²) in [5.74, 6) is -2.67. The predicted molar refractivity (Wildman–Crippen MR) is 67.2 cm³/mol. The summed E-state index contributed by atoms with van der Waals surface area (Å²) in [7, 11) is -3.97. The van der Waals surface area contributed by atoms with Crippen molar-refractivity contribution in [2.75, 3.05) is 5.75 Å². The molecule has 22 heavy (non-hydrogen) atoms. The maximum Gasteiger partial charge on any atom is 0.433 e. The smallest absolute Gasteiger partial charge is 0.296 e. The molecule has 2 heterocycles. The number of amides is 2. The Bertz CT molecular complexity index is 698. The van der Waals surface area contributed by atoms with Crippen molar-refractivity contribution in [1.29, 1.82) is 0 Å². The topological polar surface area (TPSA) is 93.2 Å². The van der Waals surface area contributed by atoms with E-state index in [0.717, 1.165) is 6.07 Å². The number of piperidine rings is 1. The molecule has 1 saturated heterocycles. The summed E-state index contributed by atoms with van der Waals surface area (Å²) in [4.78, 5) is 25.2. The fourth-order valence-corrected chi connectivity index (χ4v) is 3.52. The zero-order chi connectivity index (χ0) is 16.5. The molecule has 0 saturated carbocycles. The molecule has 0 aliphatic carbocycles. The van der Waals surface area contributed by atoms with E-state index in [9.17, 15) is 31.2 Å². The van der Waals surface area contributed by atoms with Crippen molar-refractivity contribution in [3.63, 3.8) is 0 Å². The van der Waals surface area contributed by atoms with Crippen molar-refractivity contribution < 1.29 is 31.2 Å². The minimum atomic E-state index is -4.66. The lowest BCUT2D eigenvalue weighted by Gasteiger charge is -2.20. The van der Waals surface area contributed by atoms with Crippen molar-refractivity contribution in [2.24, 2.45) is 5.92 Å².